The van der Waals surface area contributed by atoms with Gasteiger partial charge in [-0.1, -0.05) is 30.3 Å². The number of carbonyl (C=O) groups is 3. The second-order valence-corrected chi connectivity index (χ2v) is 9.28. The van der Waals surface area contributed by atoms with Crippen LogP contribution in [-0.4, -0.2) is 70.1 Å². The number of carbonyl (C=O) groups excluding carboxylic acids is 3. The third-order valence-corrected chi connectivity index (χ3v) is 7.13. The molecule has 0 radical (unpaired) electrons. The first-order valence-electron chi connectivity index (χ1n) is 10.9. The van der Waals surface area contributed by atoms with Gasteiger partial charge in [0.15, 0.2) is 0 Å². The molecule has 3 amide bonds. The van der Waals surface area contributed by atoms with Gasteiger partial charge in [-0.05, 0) is 23.8 Å². The van der Waals surface area contributed by atoms with Crippen LogP contribution < -0.4 is 0 Å². The van der Waals surface area contributed by atoms with E-state index >= 15 is 0 Å². The number of nitrogens with zero attached hydrogens (tertiary/aromatic N) is 4. The average Bonchev–Trinajstić information content (AvgIpc) is 3.21. The van der Waals surface area contributed by atoms with Crippen molar-refractivity contribution in [3.05, 3.63) is 64.7 Å². The molecule has 32 heavy (non-hydrogen) atoms. The number of hydrogen-bond donors (Lipinski definition) is 0. The molecule has 5 rings (SSSR count). The van der Waals surface area contributed by atoms with E-state index in [0.29, 0.717) is 18.7 Å². The minimum absolute atomic E-state index is 0.0101. The summed E-state index contributed by atoms with van der Waals surface area (Å²) >= 11 is 1.71. The molecule has 0 spiro atoms. The Morgan fingerprint density at radius 2 is 1.72 bits per heavy atom. The summed E-state index contributed by atoms with van der Waals surface area (Å²) in [7, 11) is 0. The zero-order chi connectivity index (χ0) is 22.1. The van der Waals surface area contributed by atoms with Crippen molar-refractivity contribution in [3.63, 3.8) is 0 Å². The molecule has 3 heterocycles. The zero-order valence-corrected chi connectivity index (χ0v) is 18.5. The SMILES string of the molecule is O=C(CCN1C(=O)Cc2ccccc2C1=O)N1CCN(Cc2nc3ccccc3s2)CC1. The van der Waals surface area contributed by atoms with E-state index in [4.69, 9.17) is 4.98 Å². The standard InChI is InChI=1S/C24H24N4O3S/c29-22(9-10-28-23(30)15-17-5-1-2-6-18(17)24(28)31)27-13-11-26(12-14-27)16-21-25-19-7-3-4-8-20(19)32-21/h1-8H,9-16H2. The molecular formula is C24H24N4O3S. The Balaban J connectivity index is 1.12. The number of rotatable bonds is 5. The van der Waals surface area contributed by atoms with Crippen LogP contribution in [0.5, 0.6) is 0 Å². The van der Waals surface area contributed by atoms with Crippen molar-refractivity contribution in [1.82, 2.24) is 19.7 Å². The van der Waals surface area contributed by atoms with E-state index in [-0.39, 0.29) is 37.1 Å². The zero-order valence-electron chi connectivity index (χ0n) is 17.7. The first-order chi connectivity index (χ1) is 15.6. The molecule has 2 aliphatic heterocycles. The number of benzene rings is 2. The monoisotopic (exact) mass is 448 g/mol. The van der Waals surface area contributed by atoms with Crippen LogP contribution in [0.3, 0.4) is 0 Å². The number of thiazole rings is 1. The molecular weight excluding hydrogens is 424 g/mol. The van der Waals surface area contributed by atoms with Crippen LogP contribution in [0.4, 0.5) is 0 Å². The fraction of sp³-hybridized carbons (Fsp3) is 0.333. The van der Waals surface area contributed by atoms with Crippen LogP contribution >= 0.6 is 11.3 Å². The lowest BCUT2D eigenvalue weighted by Crippen LogP contribution is -2.49. The molecule has 8 heteroatoms. The maximum atomic E-state index is 12.7. The molecule has 3 aromatic rings. The number of amides is 3. The summed E-state index contributed by atoms with van der Waals surface area (Å²) in [5.41, 5.74) is 2.35. The average molecular weight is 449 g/mol. The van der Waals surface area contributed by atoms with Gasteiger partial charge in [-0.2, -0.15) is 0 Å². The first-order valence-corrected chi connectivity index (χ1v) is 11.7. The third-order valence-electron chi connectivity index (χ3n) is 6.11. The van der Waals surface area contributed by atoms with Crippen molar-refractivity contribution >= 4 is 39.3 Å². The molecule has 2 aliphatic rings. The molecule has 2 aromatic carbocycles. The lowest BCUT2D eigenvalue weighted by Gasteiger charge is -2.35. The predicted molar refractivity (Wildman–Crippen MR) is 122 cm³/mol. The Labute approximate surface area is 190 Å². The maximum Gasteiger partial charge on any atom is 0.260 e. The van der Waals surface area contributed by atoms with Gasteiger partial charge in [0.1, 0.15) is 5.01 Å². The van der Waals surface area contributed by atoms with E-state index in [0.717, 1.165) is 35.7 Å². The summed E-state index contributed by atoms with van der Waals surface area (Å²) in [6.45, 7) is 3.80. The van der Waals surface area contributed by atoms with Gasteiger partial charge < -0.3 is 4.90 Å². The molecule has 0 N–H and O–H groups in total. The number of imide groups is 1. The molecule has 0 bridgehead atoms. The van der Waals surface area contributed by atoms with Crippen molar-refractivity contribution in [2.24, 2.45) is 0 Å². The predicted octanol–water partition coefficient (Wildman–Crippen LogP) is 2.56. The molecule has 0 atom stereocenters. The Morgan fingerprint density at radius 3 is 2.53 bits per heavy atom. The van der Waals surface area contributed by atoms with Gasteiger partial charge in [0.25, 0.3) is 5.91 Å². The van der Waals surface area contributed by atoms with Gasteiger partial charge in [-0.3, -0.25) is 24.2 Å². The van der Waals surface area contributed by atoms with Crippen molar-refractivity contribution in [2.75, 3.05) is 32.7 Å². The van der Waals surface area contributed by atoms with Gasteiger partial charge in [-0.25, -0.2) is 4.98 Å². The van der Waals surface area contributed by atoms with E-state index in [1.54, 1.807) is 29.5 Å². The Morgan fingerprint density at radius 1 is 0.969 bits per heavy atom. The molecule has 0 saturated carbocycles. The van der Waals surface area contributed by atoms with Crippen LogP contribution in [-0.2, 0) is 22.6 Å². The smallest absolute Gasteiger partial charge is 0.260 e. The highest BCUT2D eigenvalue weighted by molar-refractivity contribution is 7.18. The van der Waals surface area contributed by atoms with Crippen LogP contribution in [0.1, 0.15) is 27.3 Å². The minimum atomic E-state index is -0.301. The molecule has 0 aliphatic carbocycles. The van der Waals surface area contributed by atoms with Crippen molar-refractivity contribution in [3.8, 4) is 0 Å². The van der Waals surface area contributed by atoms with Gasteiger partial charge in [0, 0.05) is 44.7 Å². The van der Waals surface area contributed by atoms with Crippen molar-refractivity contribution in [2.45, 2.75) is 19.4 Å². The molecule has 1 fully saturated rings. The van der Waals surface area contributed by atoms with Gasteiger partial charge >= 0.3 is 0 Å². The molecule has 7 nitrogen and oxygen atoms in total. The second kappa shape index (κ2) is 8.80. The van der Waals surface area contributed by atoms with Gasteiger partial charge in [-0.15, -0.1) is 11.3 Å². The van der Waals surface area contributed by atoms with Crippen LogP contribution in [0.15, 0.2) is 48.5 Å². The van der Waals surface area contributed by atoms with E-state index in [1.807, 2.05) is 29.2 Å². The lowest BCUT2D eigenvalue weighted by molar-refractivity contribution is -0.134. The number of fused-ring (bicyclic) bond motifs is 2. The quantitative estimate of drug-likeness (QED) is 0.561. The maximum absolute atomic E-state index is 12.7. The molecule has 164 valence electrons. The second-order valence-electron chi connectivity index (χ2n) is 8.17. The Bertz CT molecular complexity index is 1150. The molecule has 1 aromatic heterocycles. The Kier molecular flexibility index (Phi) is 5.71. The van der Waals surface area contributed by atoms with Crippen LogP contribution in [0, 0.1) is 0 Å². The third kappa shape index (κ3) is 4.16. The van der Waals surface area contributed by atoms with E-state index < -0.39 is 0 Å². The highest BCUT2D eigenvalue weighted by atomic mass is 32.1. The summed E-state index contributed by atoms with van der Waals surface area (Å²) < 4.78 is 1.20. The Hall–Kier alpha value is -3.10. The first kappa shape index (κ1) is 20.8. The number of piperazine rings is 1. The fourth-order valence-corrected chi connectivity index (χ4v) is 5.34. The summed E-state index contributed by atoms with van der Waals surface area (Å²) in [5.74, 6) is -0.545. The summed E-state index contributed by atoms with van der Waals surface area (Å²) in [5, 5.41) is 1.09. The highest BCUT2D eigenvalue weighted by Gasteiger charge is 2.31. The summed E-state index contributed by atoms with van der Waals surface area (Å²) in [6.07, 6.45) is 0.373. The van der Waals surface area contributed by atoms with Crippen LogP contribution in [0.2, 0.25) is 0 Å². The normalized spacial score (nSPS) is 17.1. The van der Waals surface area contributed by atoms with Crippen molar-refractivity contribution < 1.29 is 14.4 Å². The highest BCUT2D eigenvalue weighted by Crippen LogP contribution is 2.23. The van der Waals surface area contributed by atoms with Gasteiger partial charge in [0.05, 0.1) is 23.2 Å². The number of para-hydroxylation sites is 1. The number of aromatic nitrogens is 1. The lowest BCUT2D eigenvalue weighted by atomic mass is 9.98. The van der Waals surface area contributed by atoms with E-state index in [1.165, 1.54) is 9.60 Å². The minimum Gasteiger partial charge on any atom is -0.340 e. The summed E-state index contributed by atoms with van der Waals surface area (Å²) in [4.78, 5) is 47.9. The van der Waals surface area contributed by atoms with Gasteiger partial charge in [0.2, 0.25) is 11.8 Å². The summed E-state index contributed by atoms with van der Waals surface area (Å²) in [6, 6.07) is 15.3. The number of hydrogen-bond acceptors (Lipinski definition) is 6. The van der Waals surface area contributed by atoms with Crippen LogP contribution in [0.25, 0.3) is 10.2 Å². The van der Waals surface area contributed by atoms with E-state index in [2.05, 4.69) is 11.0 Å². The fourth-order valence-electron chi connectivity index (χ4n) is 4.33. The topological polar surface area (TPSA) is 73.8 Å². The van der Waals surface area contributed by atoms with Crippen molar-refractivity contribution in [1.29, 1.82) is 0 Å². The molecule has 0 unspecified atom stereocenters. The van der Waals surface area contributed by atoms with E-state index in [9.17, 15) is 14.4 Å². The molecule has 1 saturated heterocycles. The largest absolute Gasteiger partial charge is 0.340 e.